The minimum Gasteiger partial charge on any atom is -0.332 e. The average Bonchev–Trinajstić information content (AvgIpc) is 2.82. The number of rotatable bonds is 2. The number of hydrogen-bond acceptors (Lipinski definition) is 2. The van der Waals surface area contributed by atoms with Crippen molar-refractivity contribution in [1.82, 2.24) is 4.90 Å². The van der Waals surface area contributed by atoms with Gasteiger partial charge in [-0.2, -0.15) is 0 Å². The first-order chi connectivity index (χ1) is 9.88. The van der Waals surface area contributed by atoms with Crippen LogP contribution in [-0.4, -0.2) is 32.3 Å². The van der Waals surface area contributed by atoms with Gasteiger partial charge in [-0.3, -0.25) is 9.36 Å². The van der Waals surface area contributed by atoms with E-state index in [0.717, 1.165) is 18.4 Å². The fourth-order valence-electron chi connectivity index (χ4n) is 3.50. The molecule has 3 atom stereocenters. The number of carbonyl (C=O) groups is 1. The van der Waals surface area contributed by atoms with Crippen LogP contribution < -0.4 is 0 Å². The molecule has 0 aromatic heterocycles. The molecular weight excluding hydrogens is 313 g/mol. The Kier molecular flexibility index (Phi) is 3.87. The van der Waals surface area contributed by atoms with Crippen LogP contribution in [0.1, 0.15) is 37.3 Å². The second-order valence-corrected chi connectivity index (χ2v) is 7.97. The molecule has 0 spiro atoms. The van der Waals surface area contributed by atoms with Gasteiger partial charge in [-0.1, -0.05) is 23.7 Å². The molecule has 0 saturated carbocycles. The number of halogens is 1. The molecule has 0 bridgehead atoms. The van der Waals surface area contributed by atoms with Crippen LogP contribution in [0, 0.1) is 0 Å². The van der Waals surface area contributed by atoms with Crippen LogP contribution in [-0.2, 0) is 9.36 Å². The Bertz CT molecular complexity index is 617. The topological polar surface area (TPSA) is 77.8 Å². The summed E-state index contributed by atoms with van der Waals surface area (Å²) in [6, 6.07) is 7.30. The molecule has 7 heteroatoms. The maximum absolute atomic E-state index is 12.5. The van der Waals surface area contributed by atoms with Crippen molar-refractivity contribution >= 4 is 25.1 Å². The monoisotopic (exact) mass is 329 g/mol. The van der Waals surface area contributed by atoms with E-state index in [9.17, 15) is 19.1 Å². The van der Waals surface area contributed by atoms with Crippen LogP contribution in [0.15, 0.2) is 24.3 Å². The largest absolute Gasteiger partial charge is 0.337 e. The third-order valence-electron chi connectivity index (χ3n) is 4.45. The molecule has 21 heavy (non-hydrogen) atoms. The van der Waals surface area contributed by atoms with Crippen LogP contribution in [0.5, 0.6) is 0 Å². The number of piperidine rings is 1. The fraction of sp³-hybridized carbons (Fsp3) is 0.500. The van der Waals surface area contributed by atoms with Crippen LogP contribution >= 0.6 is 19.2 Å². The Hall–Kier alpha value is -0.870. The van der Waals surface area contributed by atoms with E-state index in [-0.39, 0.29) is 18.5 Å². The van der Waals surface area contributed by atoms with E-state index in [1.807, 2.05) is 18.2 Å². The van der Waals surface area contributed by atoms with Gasteiger partial charge in [0, 0.05) is 11.1 Å². The molecule has 5 nitrogen and oxygen atoms in total. The van der Waals surface area contributed by atoms with Gasteiger partial charge in [-0.05, 0) is 43.4 Å². The number of carbonyl (C=O) groups excluding carboxylic acids is 1. The Morgan fingerprint density at radius 1 is 1.19 bits per heavy atom. The molecule has 1 unspecified atom stereocenters. The van der Waals surface area contributed by atoms with Gasteiger partial charge in [-0.25, -0.2) is 0 Å². The zero-order valence-corrected chi connectivity index (χ0v) is 13.0. The van der Waals surface area contributed by atoms with Gasteiger partial charge in [0.05, 0.1) is 6.04 Å². The lowest BCUT2D eigenvalue weighted by Crippen LogP contribution is -2.47. The number of benzene rings is 1. The Morgan fingerprint density at radius 2 is 1.90 bits per heavy atom. The quantitative estimate of drug-likeness (QED) is 0.818. The van der Waals surface area contributed by atoms with Crippen molar-refractivity contribution in [2.45, 2.75) is 43.4 Å². The van der Waals surface area contributed by atoms with E-state index in [4.69, 9.17) is 11.6 Å². The molecule has 3 rings (SSSR count). The first kappa shape index (κ1) is 15.0. The molecule has 1 aromatic rings. The Labute approximate surface area is 128 Å². The SMILES string of the molecule is O=C1C(P(=O)(O)O)CC[C@@H]2CC[C@@H](c3cccc(Cl)c3)N12. The maximum atomic E-state index is 12.5. The summed E-state index contributed by atoms with van der Waals surface area (Å²) in [6.45, 7) is 0. The van der Waals surface area contributed by atoms with Gasteiger partial charge in [0.1, 0.15) is 5.66 Å². The second-order valence-electron chi connectivity index (χ2n) is 5.73. The highest BCUT2D eigenvalue weighted by molar-refractivity contribution is 7.53. The molecule has 1 aromatic carbocycles. The first-order valence-corrected chi connectivity index (χ1v) is 9.07. The van der Waals surface area contributed by atoms with Gasteiger partial charge in [0.15, 0.2) is 0 Å². The maximum Gasteiger partial charge on any atom is 0.337 e. The summed E-state index contributed by atoms with van der Waals surface area (Å²) in [6.07, 6.45) is 2.60. The lowest BCUT2D eigenvalue weighted by molar-refractivity contribution is -0.136. The minimum absolute atomic E-state index is 0.0873. The summed E-state index contributed by atoms with van der Waals surface area (Å²) in [5.41, 5.74) is -0.252. The molecule has 0 radical (unpaired) electrons. The fourth-order valence-corrected chi connectivity index (χ4v) is 4.60. The second kappa shape index (κ2) is 5.40. The van der Waals surface area contributed by atoms with E-state index < -0.39 is 19.2 Å². The van der Waals surface area contributed by atoms with Crippen molar-refractivity contribution in [3.05, 3.63) is 34.9 Å². The Balaban J connectivity index is 1.92. The van der Waals surface area contributed by atoms with Crippen molar-refractivity contribution in [3.63, 3.8) is 0 Å². The summed E-state index contributed by atoms with van der Waals surface area (Å²) in [5.74, 6) is -0.415. The average molecular weight is 330 g/mol. The van der Waals surface area contributed by atoms with Gasteiger partial charge in [-0.15, -0.1) is 0 Å². The molecular formula is C14H17ClNO4P. The van der Waals surface area contributed by atoms with E-state index in [2.05, 4.69) is 0 Å². The zero-order valence-electron chi connectivity index (χ0n) is 11.4. The summed E-state index contributed by atoms with van der Waals surface area (Å²) in [5, 5.41) is 0.604. The van der Waals surface area contributed by atoms with E-state index >= 15 is 0 Å². The standard InChI is InChI=1S/C14H17ClNO4P/c15-10-3-1-2-9(8-10)12-6-4-11-5-7-13(21(18,19)20)14(17)16(11)12/h1-3,8,11-13H,4-7H2,(H2,18,19,20)/t11-,12-,13?/m0/s1. The highest BCUT2D eigenvalue weighted by Gasteiger charge is 2.49. The molecule has 2 heterocycles. The number of amides is 1. The van der Waals surface area contributed by atoms with Crippen molar-refractivity contribution in [2.75, 3.05) is 0 Å². The van der Waals surface area contributed by atoms with E-state index in [1.54, 1.807) is 11.0 Å². The number of hydrogen-bond donors (Lipinski definition) is 2. The van der Waals surface area contributed by atoms with Gasteiger partial charge in [0.25, 0.3) is 0 Å². The van der Waals surface area contributed by atoms with Crippen molar-refractivity contribution < 1.29 is 19.1 Å². The highest BCUT2D eigenvalue weighted by Crippen LogP contribution is 2.51. The third-order valence-corrected chi connectivity index (χ3v) is 5.98. The number of fused-ring (bicyclic) bond motifs is 1. The molecule has 1 amide bonds. The lowest BCUT2D eigenvalue weighted by Gasteiger charge is -2.38. The van der Waals surface area contributed by atoms with E-state index in [0.29, 0.717) is 11.4 Å². The third kappa shape index (κ3) is 2.76. The van der Waals surface area contributed by atoms with Gasteiger partial charge in [0.2, 0.25) is 5.91 Å². The zero-order chi connectivity index (χ0) is 15.2. The predicted molar refractivity (Wildman–Crippen MR) is 79.1 cm³/mol. The molecule has 2 fully saturated rings. The first-order valence-electron chi connectivity index (χ1n) is 7.01. The summed E-state index contributed by atoms with van der Waals surface area (Å²) in [7, 11) is -4.39. The molecule has 2 N–H and O–H groups in total. The van der Waals surface area contributed by atoms with Crippen LogP contribution in [0.2, 0.25) is 5.02 Å². The summed E-state index contributed by atoms with van der Waals surface area (Å²) in [4.78, 5) is 33.0. The smallest absolute Gasteiger partial charge is 0.332 e. The lowest BCUT2D eigenvalue weighted by atomic mass is 10.0. The van der Waals surface area contributed by atoms with Crippen molar-refractivity contribution in [1.29, 1.82) is 0 Å². The van der Waals surface area contributed by atoms with Crippen LogP contribution in [0.25, 0.3) is 0 Å². The predicted octanol–water partition coefficient (Wildman–Crippen LogP) is 2.71. The molecule has 0 aliphatic carbocycles. The van der Waals surface area contributed by atoms with Crippen molar-refractivity contribution in [2.24, 2.45) is 0 Å². The Morgan fingerprint density at radius 3 is 2.57 bits per heavy atom. The van der Waals surface area contributed by atoms with Gasteiger partial charge >= 0.3 is 7.60 Å². The highest BCUT2D eigenvalue weighted by atomic mass is 35.5. The molecule has 114 valence electrons. The van der Waals surface area contributed by atoms with Crippen LogP contribution in [0.4, 0.5) is 0 Å². The summed E-state index contributed by atoms with van der Waals surface area (Å²) < 4.78 is 11.5. The van der Waals surface area contributed by atoms with Gasteiger partial charge < -0.3 is 14.7 Å². The van der Waals surface area contributed by atoms with Crippen molar-refractivity contribution in [3.8, 4) is 0 Å². The van der Waals surface area contributed by atoms with Crippen LogP contribution in [0.3, 0.4) is 0 Å². The molecule has 2 saturated heterocycles. The normalized spacial score (nSPS) is 29.6. The number of nitrogens with zero attached hydrogens (tertiary/aromatic N) is 1. The van der Waals surface area contributed by atoms with E-state index in [1.165, 1.54) is 0 Å². The molecule has 2 aliphatic rings. The molecule has 2 aliphatic heterocycles. The summed E-state index contributed by atoms with van der Waals surface area (Å²) >= 11 is 6.01. The minimum atomic E-state index is -4.39.